The number of nitrogens with one attached hydrogen (secondary N) is 1. The summed E-state index contributed by atoms with van der Waals surface area (Å²) in [5.41, 5.74) is 2.68. The van der Waals surface area contributed by atoms with E-state index in [1.165, 1.54) is 17.7 Å². The van der Waals surface area contributed by atoms with E-state index in [-0.39, 0.29) is 30.3 Å². The Hall–Kier alpha value is -2.49. The zero-order valence-corrected chi connectivity index (χ0v) is 13.8. The van der Waals surface area contributed by atoms with Crippen molar-refractivity contribution >= 4 is 11.7 Å². The maximum Gasteiger partial charge on any atom is 0.220 e. The summed E-state index contributed by atoms with van der Waals surface area (Å²) in [6.45, 7) is 2.45. The van der Waals surface area contributed by atoms with Gasteiger partial charge in [-0.2, -0.15) is 0 Å². The van der Waals surface area contributed by atoms with Crippen molar-refractivity contribution < 1.29 is 14.0 Å². The first-order valence-electron chi connectivity index (χ1n) is 8.21. The monoisotopic (exact) mass is 327 g/mol. The van der Waals surface area contributed by atoms with Gasteiger partial charge >= 0.3 is 0 Å². The minimum Gasteiger partial charge on any atom is -0.352 e. The maximum absolute atomic E-state index is 12.8. The molecule has 0 radical (unpaired) electrons. The lowest BCUT2D eigenvalue weighted by molar-refractivity contribution is -0.121. The first kappa shape index (κ1) is 17.9. The van der Waals surface area contributed by atoms with Crippen LogP contribution in [0.4, 0.5) is 4.39 Å². The third-order valence-corrected chi connectivity index (χ3v) is 3.80. The fourth-order valence-electron chi connectivity index (χ4n) is 2.41. The van der Waals surface area contributed by atoms with Crippen LogP contribution < -0.4 is 5.32 Å². The third-order valence-electron chi connectivity index (χ3n) is 3.80. The van der Waals surface area contributed by atoms with E-state index in [1.807, 2.05) is 24.3 Å². The van der Waals surface area contributed by atoms with Crippen LogP contribution in [0.2, 0.25) is 0 Å². The predicted octanol–water partition coefficient (Wildman–Crippen LogP) is 4.06. The normalized spacial score (nSPS) is 10.4. The minimum atomic E-state index is -0.305. The molecule has 2 rings (SSSR count). The zero-order chi connectivity index (χ0) is 17.4. The number of aryl methyl sites for hydroxylation is 1. The number of halogens is 1. The summed E-state index contributed by atoms with van der Waals surface area (Å²) in [5, 5.41) is 2.74. The molecule has 2 aromatic carbocycles. The molecular formula is C20H22FNO2. The van der Waals surface area contributed by atoms with Crippen LogP contribution in [-0.2, 0) is 17.8 Å². The lowest BCUT2D eigenvalue weighted by atomic mass is 10.0. The number of rotatable bonds is 8. The number of Topliss-reactive ketones (excluding diaryl/α,β-unsaturated/α-hetero) is 1. The second-order valence-electron chi connectivity index (χ2n) is 5.77. The maximum atomic E-state index is 12.8. The Morgan fingerprint density at radius 1 is 0.917 bits per heavy atom. The third kappa shape index (κ3) is 5.61. The molecule has 0 spiro atoms. The predicted molar refractivity (Wildman–Crippen MR) is 92.2 cm³/mol. The van der Waals surface area contributed by atoms with Crippen molar-refractivity contribution in [2.75, 3.05) is 0 Å². The first-order chi connectivity index (χ1) is 11.6. The molecule has 0 atom stereocenters. The van der Waals surface area contributed by atoms with Gasteiger partial charge in [-0.3, -0.25) is 9.59 Å². The van der Waals surface area contributed by atoms with Crippen LogP contribution >= 0.6 is 0 Å². The van der Waals surface area contributed by atoms with E-state index in [4.69, 9.17) is 0 Å². The Morgan fingerprint density at radius 2 is 1.54 bits per heavy atom. The second-order valence-corrected chi connectivity index (χ2v) is 5.77. The van der Waals surface area contributed by atoms with Crippen molar-refractivity contribution in [3.8, 4) is 0 Å². The van der Waals surface area contributed by atoms with Gasteiger partial charge in [0.1, 0.15) is 5.82 Å². The summed E-state index contributed by atoms with van der Waals surface area (Å²) in [6.07, 6.45) is 2.40. The van der Waals surface area contributed by atoms with Crippen LogP contribution in [0.25, 0.3) is 0 Å². The van der Waals surface area contributed by atoms with Crippen molar-refractivity contribution in [1.29, 1.82) is 0 Å². The number of ketones is 1. The molecule has 0 aliphatic rings. The molecule has 0 bridgehead atoms. The fraction of sp³-hybridized carbons (Fsp3) is 0.300. The number of carbonyl (C=O) groups is 2. The van der Waals surface area contributed by atoms with Crippen LogP contribution in [-0.4, -0.2) is 11.7 Å². The lowest BCUT2D eigenvalue weighted by Gasteiger charge is -2.06. The Bertz CT molecular complexity index is 678. The van der Waals surface area contributed by atoms with E-state index in [2.05, 4.69) is 12.2 Å². The van der Waals surface area contributed by atoms with Crippen molar-refractivity contribution in [1.82, 2.24) is 5.32 Å². The number of benzene rings is 2. The molecule has 4 heteroatoms. The lowest BCUT2D eigenvalue weighted by Crippen LogP contribution is -2.23. The van der Waals surface area contributed by atoms with Gasteiger partial charge in [-0.1, -0.05) is 49.7 Å². The smallest absolute Gasteiger partial charge is 0.220 e. The van der Waals surface area contributed by atoms with Crippen LogP contribution in [0.3, 0.4) is 0 Å². The van der Waals surface area contributed by atoms with Crippen LogP contribution in [0.5, 0.6) is 0 Å². The second kappa shape index (κ2) is 8.96. The molecule has 126 valence electrons. The van der Waals surface area contributed by atoms with Gasteiger partial charge in [-0.05, 0) is 29.7 Å². The van der Waals surface area contributed by atoms with E-state index in [9.17, 15) is 14.0 Å². The molecule has 0 aliphatic carbocycles. The van der Waals surface area contributed by atoms with Crippen LogP contribution in [0.1, 0.15) is 47.7 Å². The molecule has 0 unspecified atom stereocenters. The summed E-state index contributed by atoms with van der Waals surface area (Å²) < 4.78 is 12.8. The van der Waals surface area contributed by atoms with Gasteiger partial charge < -0.3 is 5.32 Å². The summed E-state index contributed by atoms with van der Waals surface area (Å²) >= 11 is 0. The molecular weight excluding hydrogens is 305 g/mol. The molecule has 2 aromatic rings. The van der Waals surface area contributed by atoms with Gasteiger partial charge in [0.15, 0.2) is 5.78 Å². The van der Waals surface area contributed by atoms with Gasteiger partial charge in [-0.15, -0.1) is 0 Å². The summed E-state index contributed by atoms with van der Waals surface area (Å²) in [5.74, 6) is -0.522. The van der Waals surface area contributed by atoms with Crippen LogP contribution in [0.15, 0.2) is 48.5 Å². The standard InChI is InChI=1S/C20H22FNO2/c1-2-3-15-4-8-17(9-5-15)19(23)12-13-20(24)22-14-16-6-10-18(21)11-7-16/h4-11H,2-3,12-14H2,1H3,(H,22,24). The topological polar surface area (TPSA) is 46.2 Å². The van der Waals surface area contributed by atoms with E-state index < -0.39 is 0 Å². The van der Waals surface area contributed by atoms with Gasteiger partial charge in [0, 0.05) is 24.9 Å². The Labute approximate surface area is 141 Å². The molecule has 3 nitrogen and oxygen atoms in total. The largest absolute Gasteiger partial charge is 0.352 e. The van der Waals surface area contributed by atoms with Gasteiger partial charge in [0.05, 0.1) is 0 Å². The molecule has 1 amide bonds. The fourth-order valence-corrected chi connectivity index (χ4v) is 2.41. The quantitative estimate of drug-likeness (QED) is 0.743. The number of hydrogen-bond acceptors (Lipinski definition) is 2. The average molecular weight is 327 g/mol. The number of carbonyl (C=O) groups excluding carboxylic acids is 2. The molecule has 24 heavy (non-hydrogen) atoms. The first-order valence-corrected chi connectivity index (χ1v) is 8.21. The highest BCUT2D eigenvalue weighted by Gasteiger charge is 2.09. The van der Waals surface area contributed by atoms with Gasteiger partial charge in [-0.25, -0.2) is 4.39 Å². The molecule has 0 saturated carbocycles. The van der Waals surface area contributed by atoms with E-state index in [1.54, 1.807) is 12.1 Å². The molecule has 0 saturated heterocycles. The Balaban J connectivity index is 1.76. The summed E-state index contributed by atoms with van der Waals surface area (Å²) in [6, 6.07) is 13.5. The highest BCUT2D eigenvalue weighted by atomic mass is 19.1. The molecule has 0 heterocycles. The van der Waals surface area contributed by atoms with Gasteiger partial charge in [0.2, 0.25) is 5.91 Å². The summed E-state index contributed by atoms with van der Waals surface area (Å²) in [7, 11) is 0. The van der Waals surface area contributed by atoms with Gasteiger partial charge in [0.25, 0.3) is 0 Å². The molecule has 0 aromatic heterocycles. The van der Waals surface area contributed by atoms with E-state index in [0.717, 1.165) is 18.4 Å². The van der Waals surface area contributed by atoms with Crippen molar-refractivity contribution in [3.63, 3.8) is 0 Å². The Morgan fingerprint density at radius 3 is 2.17 bits per heavy atom. The van der Waals surface area contributed by atoms with Crippen molar-refractivity contribution in [3.05, 3.63) is 71.0 Å². The summed E-state index contributed by atoms with van der Waals surface area (Å²) in [4.78, 5) is 23.9. The number of hydrogen-bond donors (Lipinski definition) is 1. The number of amides is 1. The van der Waals surface area contributed by atoms with Crippen LogP contribution in [0, 0.1) is 5.82 Å². The highest BCUT2D eigenvalue weighted by Crippen LogP contribution is 2.10. The van der Waals surface area contributed by atoms with Crippen molar-refractivity contribution in [2.45, 2.75) is 39.2 Å². The average Bonchev–Trinajstić information content (AvgIpc) is 2.60. The van der Waals surface area contributed by atoms with Crippen molar-refractivity contribution in [2.24, 2.45) is 0 Å². The molecule has 0 fully saturated rings. The SMILES string of the molecule is CCCc1ccc(C(=O)CCC(=O)NCc2ccc(F)cc2)cc1. The highest BCUT2D eigenvalue weighted by molar-refractivity contribution is 5.97. The minimum absolute atomic E-state index is 0.0324. The molecule has 1 N–H and O–H groups in total. The Kier molecular flexibility index (Phi) is 6.67. The molecule has 0 aliphatic heterocycles. The van der Waals surface area contributed by atoms with E-state index >= 15 is 0 Å². The van der Waals surface area contributed by atoms with E-state index in [0.29, 0.717) is 12.1 Å². The zero-order valence-electron chi connectivity index (χ0n) is 13.8.